The third-order valence-corrected chi connectivity index (χ3v) is 2.99. The van der Waals surface area contributed by atoms with E-state index >= 15 is 0 Å². The van der Waals surface area contributed by atoms with Crippen LogP contribution >= 0.6 is 0 Å². The molecule has 0 aromatic carbocycles. The summed E-state index contributed by atoms with van der Waals surface area (Å²) in [7, 11) is 0. The molecule has 0 spiro atoms. The molecular weight excluding hydrogens is 126 g/mol. The van der Waals surface area contributed by atoms with Crippen molar-refractivity contribution in [3.63, 3.8) is 0 Å². The van der Waals surface area contributed by atoms with E-state index in [1.54, 1.807) is 0 Å². The fraction of sp³-hybridized carbons (Fsp3) is 1.00. The number of fused-ring (bicyclic) bond motifs is 3. The third-order valence-electron chi connectivity index (χ3n) is 2.99. The highest BCUT2D eigenvalue weighted by atomic mass is 16.3. The van der Waals surface area contributed by atoms with E-state index in [0.717, 1.165) is 12.0 Å². The van der Waals surface area contributed by atoms with Gasteiger partial charge in [-0.2, -0.15) is 0 Å². The summed E-state index contributed by atoms with van der Waals surface area (Å²) in [6.45, 7) is 0.334. The molecular formula is C8H15NO. The molecule has 3 fully saturated rings. The Morgan fingerprint density at radius 1 is 1.20 bits per heavy atom. The molecule has 2 N–H and O–H groups in total. The molecule has 2 bridgehead atoms. The van der Waals surface area contributed by atoms with E-state index in [0.29, 0.717) is 12.6 Å². The number of rotatable bonds is 1. The predicted octanol–water partition coefficient (Wildman–Crippen LogP) is 0.509. The van der Waals surface area contributed by atoms with Crippen molar-refractivity contribution in [1.29, 1.82) is 0 Å². The highest BCUT2D eigenvalue weighted by Gasteiger charge is 2.34. The van der Waals surface area contributed by atoms with Crippen LogP contribution in [-0.4, -0.2) is 23.8 Å². The van der Waals surface area contributed by atoms with Gasteiger partial charge in [0, 0.05) is 12.1 Å². The minimum atomic E-state index is 0.334. The van der Waals surface area contributed by atoms with Crippen LogP contribution in [0.25, 0.3) is 0 Å². The molecule has 2 heterocycles. The zero-order chi connectivity index (χ0) is 6.97. The zero-order valence-corrected chi connectivity index (χ0v) is 6.21. The predicted molar refractivity (Wildman–Crippen MR) is 39.8 cm³/mol. The Balaban J connectivity index is 2.01. The zero-order valence-electron chi connectivity index (χ0n) is 6.21. The molecule has 1 saturated carbocycles. The molecule has 2 aliphatic heterocycles. The smallest absolute Gasteiger partial charge is 0.0587 e. The first-order valence-electron chi connectivity index (χ1n) is 4.27. The van der Waals surface area contributed by atoms with Crippen molar-refractivity contribution in [3.8, 4) is 0 Å². The summed E-state index contributed by atoms with van der Waals surface area (Å²) >= 11 is 0. The second-order valence-corrected chi connectivity index (χ2v) is 3.57. The molecule has 2 heteroatoms. The molecule has 3 aliphatic rings. The van der Waals surface area contributed by atoms with E-state index in [1.165, 1.54) is 25.7 Å². The van der Waals surface area contributed by atoms with Crippen molar-refractivity contribution in [1.82, 2.24) is 5.32 Å². The van der Waals surface area contributed by atoms with Gasteiger partial charge in [0.1, 0.15) is 0 Å². The Morgan fingerprint density at radius 3 is 2.20 bits per heavy atom. The molecule has 2 saturated heterocycles. The molecule has 1 atom stereocenters. The normalized spacial score (nSPS) is 45.9. The van der Waals surface area contributed by atoms with E-state index < -0.39 is 0 Å². The maximum Gasteiger partial charge on any atom is 0.0587 e. The second-order valence-electron chi connectivity index (χ2n) is 3.57. The van der Waals surface area contributed by atoms with Crippen LogP contribution in [0.3, 0.4) is 0 Å². The molecule has 1 aliphatic carbocycles. The van der Waals surface area contributed by atoms with Crippen LogP contribution in [-0.2, 0) is 0 Å². The number of hydrogen-bond donors (Lipinski definition) is 2. The van der Waals surface area contributed by atoms with Crippen molar-refractivity contribution in [2.45, 2.75) is 37.8 Å². The van der Waals surface area contributed by atoms with E-state index in [-0.39, 0.29) is 0 Å². The van der Waals surface area contributed by atoms with Gasteiger partial charge in [-0.1, -0.05) is 0 Å². The van der Waals surface area contributed by atoms with Crippen LogP contribution in [0.1, 0.15) is 25.7 Å². The van der Waals surface area contributed by atoms with Crippen LogP contribution in [0, 0.1) is 5.92 Å². The maximum absolute atomic E-state index is 8.95. The molecule has 0 aromatic rings. The molecule has 1 unspecified atom stereocenters. The van der Waals surface area contributed by atoms with Crippen molar-refractivity contribution >= 4 is 0 Å². The topological polar surface area (TPSA) is 32.3 Å². The maximum atomic E-state index is 8.95. The van der Waals surface area contributed by atoms with Crippen LogP contribution in [0.15, 0.2) is 0 Å². The van der Waals surface area contributed by atoms with Crippen molar-refractivity contribution in [3.05, 3.63) is 0 Å². The van der Waals surface area contributed by atoms with Gasteiger partial charge in [0.05, 0.1) is 6.61 Å². The van der Waals surface area contributed by atoms with Gasteiger partial charge in [-0.3, -0.25) is 0 Å². The monoisotopic (exact) mass is 141 g/mol. The molecule has 3 rings (SSSR count). The second kappa shape index (κ2) is 2.51. The van der Waals surface area contributed by atoms with Crippen LogP contribution in [0.2, 0.25) is 0 Å². The molecule has 0 radical (unpaired) electrons. The first-order valence-corrected chi connectivity index (χ1v) is 4.27. The van der Waals surface area contributed by atoms with Gasteiger partial charge in [-0.15, -0.1) is 0 Å². The number of piperidine rings is 2. The Hall–Kier alpha value is -0.0800. The Kier molecular flexibility index (Phi) is 1.66. The average molecular weight is 141 g/mol. The first-order chi connectivity index (χ1) is 4.90. The van der Waals surface area contributed by atoms with Gasteiger partial charge in [0.15, 0.2) is 0 Å². The standard InChI is InChI=1S/C8H15NO/c10-5-8-6-1-3-7(9-8)4-2-6/h6-10H,1-5H2/t6-,7-,8?. The fourth-order valence-corrected chi connectivity index (χ4v) is 2.33. The van der Waals surface area contributed by atoms with Gasteiger partial charge in [0.2, 0.25) is 0 Å². The molecule has 2 nitrogen and oxygen atoms in total. The van der Waals surface area contributed by atoms with Gasteiger partial charge < -0.3 is 10.4 Å². The van der Waals surface area contributed by atoms with Crippen molar-refractivity contribution in [2.75, 3.05) is 6.61 Å². The van der Waals surface area contributed by atoms with Crippen LogP contribution < -0.4 is 5.32 Å². The summed E-state index contributed by atoms with van der Waals surface area (Å²) in [6.07, 6.45) is 5.34. The van der Waals surface area contributed by atoms with Crippen molar-refractivity contribution in [2.24, 2.45) is 5.92 Å². The van der Waals surface area contributed by atoms with Gasteiger partial charge >= 0.3 is 0 Å². The first kappa shape index (κ1) is 6.62. The number of aliphatic hydroxyl groups is 1. The summed E-state index contributed by atoms with van der Waals surface area (Å²) in [5.41, 5.74) is 0. The summed E-state index contributed by atoms with van der Waals surface area (Å²) in [5, 5.41) is 12.4. The van der Waals surface area contributed by atoms with Gasteiger partial charge in [-0.05, 0) is 31.6 Å². The molecule has 0 aromatic heterocycles. The number of aliphatic hydroxyl groups excluding tert-OH is 1. The minimum Gasteiger partial charge on any atom is -0.395 e. The lowest BCUT2D eigenvalue weighted by Crippen LogP contribution is -2.53. The summed E-state index contributed by atoms with van der Waals surface area (Å²) in [5.74, 6) is 0.773. The lowest BCUT2D eigenvalue weighted by Gasteiger charge is -2.42. The van der Waals surface area contributed by atoms with Crippen LogP contribution in [0.4, 0.5) is 0 Å². The minimum absolute atomic E-state index is 0.334. The average Bonchev–Trinajstić information content (AvgIpc) is 2.06. The fourth-order valence-electron chi connectivity index (χ4n) is 2.33. The third kappa shape index (κ3) is 0.956. The lowest BCUT2D eigenvalue weighted by molar-refractivity contribution is 0.0978. The van der Waals surface area contributed by atoms with E-state index in [1.807, 2.05) is 0 Å². The molecule has 58 valence electrons. The Bertz CT molecular complexity index is 118. The van der Waals surface area contributed by atoms with E-state index in [4.69, 9.17) is 5.11 Å². The highest BCUT2D eigenvalue weighted by Crippen LogP contribution is 2.32. The summed E-state index contributed by atoms with van der Waals surface area (Å²) in [6, 6.07) is 1.15. The molecule has 0 amide bonds. The number of nitrogens with one attached hydrogen (secondary N) is 1. The molecule has 10 heavy (non-hydrogen) atoms. The SMILES string of the molecule is OCC1N[C@H]2CC[C@H]1CC2. The van der Waals surface area contributed by atoms with Gasteiger partial charge in [-0.25, -0.2) is 0 Å². The quantitative estimate of drug-likeness (QED) is 0.557. The summed E-state index contributed by atoms with van der Waals surface area (Å²) in [4.78, 5) is 0. The Morgan fingerprint density at radius 2 is 1.90 bits per heavy atom. The van der Waals surface area contributed by atoms with E-state index in [9.17, 15) is 0 Å². The van der Waals surface area contributed by atoms with Crippen molar-refractivity contribution < 1.29 is 5.11 Å². The largest absolute Gasteiger partial charge is 0.395 e. The van der Waals surface area contributed by atoms with Gasteiger partial charge in [0.25, 0.3) is 0 Å². The Labute approximate surface area is 61.6 Å². The summed E-state index contributed by atoms with van der Waals surface area (Å²) < 4.78 is 0. The highest BCUT2D eigenvalue weighted by molar-refractivity contribution is 4.92. The lowest BCUT2D eigenvalue weighted by atomic mass is 9.77. The number of hydrogen-bond acceptors (Lipinski definition) is 2. The van der Waals surface area contributed by atoms with Crippen LogP contribution in [0.5, 0.6) is 0 Å². The van der Waals surface area contributed by atoms with E-state index in [2.05, 4.69) is 5.32 Å².